The molecule has 1 fully saturated rings. The van der Waals surface area contributed by atoms with Gasteiger partial charge in [0.1, 0.15) is 6.04 Å². The summed E-state index contributed by atoms with van der Waals surface area (Å²) in [7, 11) is 0. The Hall–Kier alpha value is -1.83. The molecule has 1 aromatic rings. The number of ether oxygens (including phenoxy) is 2. The van der Waals surface area contributed by atoms with E-state index in [0.717, 1.165) is 5.56 Å². The third-order valence-electron chi connectivity index (χ3n) is 3.84. The summed E-state index contributed by atoms with van der Waals surface area (Å²) in [5.41, 5.74) is 6.97. The average molecular weight is 372 g/mol. The van der Waals surface area contributed by atoms with Gasteiger partial charge in [0.2, 0.25) is 5.91 Å². The van der Waals surface area contributed by atoms with Gasteiger partial charge in [0.15, 0.2) is 0 Å². The van der Waals surface area contributed by atoms with Crippen LogP contribution in [0.1, 0.15) is 12.5 Å². The van der Waals surface area contributed by atoms with Crippen molar-refractivity contribution in [2.24, 2.45) is 5.73 Å². The van der Waals surface area contributed by atoms with Crippen molar-refractivity contribution in [2.45, 2.75) is 19.6 Å². The zero-order chi connectivity index (χ0) is 17.4. The Morgan fingerprint density at radius 1 is 1.12 bits per heavy atom. The quantitative estimate of drug-likeness (QED) is 0.813. The Balaban J connectivity index is 0.00000312. The lowest BCUT2D eigenvalue weighted by Gasteiger charge is -2.35. The Morgan fingerprint density at radius 3 is 2.32 bits per heavy atom. The van der Waals surface area contributed by atoms with Gasteiger partial charge in [0.25, 0.3) is 0 Å². The second kappa shape index (κ2) is 10.9. The Morgan fingerprint density at radius 2 is 1.72 bits per heavy atom. The fraction of sp³-hybridized carbons (Fsp3) is 0.529. The highest BCUT2D eigenvalue weighted by molar-refractivity contribution is 5.85. The van der Waals surface area contributed by atoms with Gasteiger partial charge >= 0.3 is 6.09 Å². The molecule has 2 N–H and O–H groups in total. The minimum atomic E-state index is -0.692. The van der Waals surface area contributed by atoms with Crippen LogP contribution in [0.15, 0.2) is 30.3 Å². The highest BCUT2D eigenvalue weighted by Gasteiger charge is 2.27. The molecule has 2 rings (SSSR count). The van der Waals surface area contributed by atoms with E-state index < -0.39 is 6.04 Å². The number of benzene rings is 1. The van der Waals surface area contributed by atoms with Crippen LogP contribution < -0.4 is 5.73 Å². The molecule has 1 heterocycles. The maximum Gasteiger partial charge on any atom is 0.409 e. The summed E-state index contributed by atoms with van der Waals surface area (Å²) in [5, 5.41) is 0. The van der Waals surface area contributed by atoms with Gasteiger partial charge in [-0.1, -0.05) is 30.3 Å². The third-order valence-corrected chi connectivity index (χ3v) is 3.84. The van der Waals surface area contributed by atoms with Crippen LogP contribution in [0.2, 0.25) is 0 Å². The molecule has 1 aliphatic heterocycles. The van der Waals surface area contributed by atoms with Crippen molar-refractivity contribution in [3.8, 4) is 0 Å². The molecular formula is C17H26ClN3O4. The van der Waals surface area contributed by atoms with Crippen molar-refractivity contribution < 1.29 is 19.1 Å². The van der Waals surface area contributed by atoms with Crippen molar-refractivity contribution in [1.29, 1.82) is 0 Å². The van der Waals surface area contributed by atoms with Crippen LogP contribution in [-0.2, 0) is 20.9 Å². The maximum atomic E-state index is 12.3. The van der Waals surface area contributed by atoms with Crippen LogP contribution in [0.3, 0.4) is 0 Å². The molecule has 0 bridgehead atoms. The number of hydrogen-bond donors (Lipinski definition) is 1. The van der Waals surface area contributed by atoms with Gasteiger partial charge in [-0.15, -0.1) is 12.4 Å². The van der Waals surface area contributed by atoms with E-state index in [1.165, 1.54) is 0 Å². The summed E-state index contributed by atoms with van der Waals surface area (Å²) in [6.45, 7) is 4.57. The minimum Gasteiger partial charge on any atom is -0.450 e. The Labute approximate surface area is 154 Å². The van der Waals surface area contributed by atoms with E-state index in [1.54, 1.807) is 16.7 Å². The molecule has 1 aromatic carbocycles. The molecule has 1 saturated heterocycles. The van der Waals surface area contributed by atoms with Gasteiger partial charge in [-0.2, -0.15) is 0 Å². The number of carbonyl (C=O) groups is 2. The summed E-state index contributed by atoms with van der Waals surface area (Å²) in [4.78, 5) is 27.2. The van der Waals surface area contributed by atoms with E-state index in [2.05, 4.69) is 0 Å². The molecule has 0 saturated carbocycles. The first-order chi connectivity index (χ1) is 11.6. The van der Waals surface area contributed by atoms with Crippen LogP contribution in [0, 0.1) is 0 Å². The fourth-order valence-corrected chi connectivity index (χ4v) is 2.51. The largest absolute Gasteiger partial charge is 0.450 e. The fourth-order valence-electron chi connectivity index (χ4n) is 2.51. The zero-order valence-electron chi connectivity index (χ0n) is 14.4. The first-order valence-electron chi connectivity index (χ1n) is 8.19. The third kappa shape index (κ3) is 6.53. The van der Waals surface area contributed by atoms with Gasteiger partial charge in [-0.3, -0.25) is 4.79 Å². The van der Waals surface area contributed by atoms with Gasteiger partial charge in [0, 0.05) is 26.2 Å². The van der Waals surface area contributed by atoms with Gasteiger partial charge in [-0.05, 0) is 12.5 Å². The summed E-state index contributed by atoms with van der Waals surface area (Å²) in [6.07, 6.45) is -0.333. The van der Waals surface area contributed by atoms with Crippen LogP contribution in [0.5, 0.6) is 0 Å². The second-order valence-electron chi connectivity index (χ2n) is 5.62. The molecule has 25 heavy (non-hydrogen) atoms. The van der Waals surface area contributed by atoms with E-state index in [-0.39, 0.29) is 31.0 Å². The number of nitrogens with two attached hydrogens (primary N) is 1. The minimum absolute atomic E-state index is 0. The number of piperazine rings is 1. The molecule has 0 aliphatic carbocycles. The Bertz CT molecular complexity index is 536. The normalized spacial score (nSPS) is 15.3. The smallest absolute Gasteiger partial charge is 0.409 e. The molecule has 0 radical (unpaired) electrons. The molecule has 0 spiro atoms. The van der Waals surface area contributed by atoms with Crippen molar-refractivity contribution in [3.63, 3.8) is 0 Å². The van der Waals surface area contributed by atoms with Crippen molar-refractivity contribution in [3.05, 3.63) is 35.9 Å². The van der Waals surface area contributed by atoms with E-state index in [0.29, 0.717) is 39.4 Å². The number of nitrogens with zero attached hydrogens (tertiary/aromatic N) is 2. The monoisotopic (exact) mass is 371 g/mol. The molecule has 1 aliphatic rings. The highest BCUT2D eigenvalue weighted by atomic mass is 35.5. The van der Waals surface area contributed by atoms with Crippen LogP contribution in [0.4, 0.5) is 4.79 Å². The SMILES string of the molecule is CCOC(=O)N1CCN(C(=O)C(N)COCc2ccccc2)CC1.Cl. The van der Waals surface area contributed by atoms with Crippen LogP contribution in [-0.4, -0.2) is 67.2 Å². The van der Waals surface area contributed by atoms with Gasteiger partial charge in [-0.25, -0.2) is 4.79 Å². The number of halogens is 1. The maximum absolute atomic E-state index is 12.3. The van der Waals surface area contributed by atoms with E-state index >= 15 is 0 Å². The van der Waals surface area contributed by atoms with Crippen LogP contribution in [0.25, 0.3) is 0 Å². The molecule has 140 valence electrons. The number of rotatable bonds is 6. The number of hydrogen-bond acceptors (Lipinski definition) is 5. The van der Waals surface area contributed by atoms with E-state index in [1.807, 2.05) is 30.3 Å². The summed E-state index contributed by atoms with van der Waals surface area (Å²) < 4.78 is 10.5. The topological polar surface area (TPSA) is 85.1 Å². The molecular weight excluding hydrogens is 346 g/mol. The number of carbonyl (C=O) groups excluding carboxylic acids is 2. The molecule has 8 heteroatoms. The van der Waals surface area contributed by atoms with Gasteiger partial charge in [0.05, 0.1) is 19.8 Å². The molecule has 7 nitrogen and oxygen atoms in total. The lowest BCUT2D eigenvalue weighted by molar-refractivity contribution is -0.135. The first-order valence-corrected chi connectivity index (χ1v) is 8.19. The standard InChI is InChI=1S/C17H25N3O4.ClH/c1-2-24-17(22)20-10-8-19(9-11-20)16(21)15(18)13-23-12-14-6-4-3-5-7-14;/h3-7,15H,2,8-13,18H2,1H3;1H. The van der Waals surface area contributed by atoms with Crippen molar-refractivity contribution in [1.82, 2.24) is 9.80 Å². The highest BCUT2D eigenvalue weighted by Crippen LogP contribution is 2.06. The van der Waals surface area contributed by atoms with Crippen molar-refractivity contribution >= 4 is 24.4 Å². The molecule has 2 amide bonds. The summed E-state index contributed by atoms with van der Waals surface area (Å²) in [6, 6.07) is 9.04. The summed E-state index contributed by atoms with van der Waals surface area (Å²) >= 11 is 0. The van der Waals surface area contributed by atoms with Gasteiger partial charge < -0.3 is 25.0 Å². The average Bonchev–Trinajstić information content (AvgIpc) is 2.62. The predicted molar refractivity (Wildman–Crippen MR) is 96.5 cm³/mol. The predicted octanol–water partition coefficient (Wildman–Crippen LogP) is 1.25. The number of amides is 2. The molecule has 1 unspecified atom stereocenters. The first kappa shape index (κ1) is 21.2. The lowest BCUT2D eigenvalue weighted by atomic mass is 10.2. The Kier molecular flexibility index (Phi) is 9.26. The van der Waals surface area contributed by atoms with Crippen LogP contribution >= 0.6 is 12.4 Å². The van der Waals surface area contributed by atoms with E-state index in [9.17, 15) is 9.59 Å². The zero-order valence-corrected chi connectivity index (χ0v) is 15.2. The second-order valence-corrected chi connectivity index (χ2v) is 5.62. The van der Waals surface area contributed by atoms with E-state index in [4.69, 9.17) is 15.2 Å². The molecule has 1 atom stereocenters. The molecule has 0 aromatic heterocycles. The lowest BCUT2D eigenvalue weighted by Crippen LogP contribution is -2.55. The van der Waals surface area contributed by atoms with Crippen molar-refractivity contribution in [2.75, 3.05) is 39.4 Å². The summed E-state index contributed by atoms with van der Waals surface area (Å²) in [5.74, 6) is -0.147.